The second kappa shape index (κ2) is 7.24. The van der Waals surface area contributed by atoms with Gasteiger partial charge in [-0.15, -0.1) is 0 Å². The van der Waals surface area contributed by atoms with Crippen molar-refractivity contribution >= 4 is 27.3 Å². The van der Waals surface area contributed by atoms with Crippen molar-refractivity contribution in [3.8, 4) is 0 Å². The van der Waals surface area contributed by atoms with Crippen LogP contribution in [0.1, 0.15) is 34.0 Å². The predicted octanol–water partition coefficient (Wildman–Crippen LogP) is 4.34. The molecule has 0 N–H and O–H groups in total. The SMILES string of the molecule is Cc1ccc(C(=O)N2CCc3cc(S(=O)(=O)N4c5ccccc5C[C@H]4C)ccc32)cc1. The zero-order chi connectivity index (χ0) is 21.8. The molecule has 31 heavy (non-hydrogen) atoms. The molecule has 158 valence electrons. The summed E-state index contributed by atoms with van der Waals surface area (Å²) in [6, 6.07) is 20.2. The number of hydrogen-bond donors (Lipinski definition) is 0. The quantitative estimate of drug-likeness (QED) is 0.619. The van der Waals surface area contributed by atoms with Gasteiger partial charge >= 0.3 is 0 Å². The third-order valence-electron chi connectivity index (χ3n) is 6.19. The van der Waals surface area contributed by atoms with E-state index in [9.17, 15) is 13.2 Å². The Hall–Kier alpha value is -3.12. The minimum atomic E-state index is -3.69. The Morgan fingerprint density at radius 2 is 1.68 bits per heavy atom. The number of benzene rings is 3. The van der Waals surface area contributed by atoms with Crippen LogP contribution in [0.5, 0.6) is 0 Å². The van der Waals surface area contributed by atoms with Crippen LogP contribution < -0.4 is 9.21 Å². The van der Waals surface area contributed by atoms with E-state index < -0.39 is 10.0 Å². The Morgan fingerprint density at radius 3 is 2.45 bits per heavy atom. The van der Waals surface area contributed by atoms with Crippen molar-refractivity contribution in [1.82, 2.24) is 0 Å². The van der Waals surface area contributed by atoms with Crippen LogP contribution in [0.4, 0.5) is 11.4 Å². The number of rotatable bonds is 3. The van der Waals surface area contributed by atoms with Gasteiger partial charge in [-0.25, -0.2) is 8.42 Å². The van der Waals surface area contributed by atoms with E-state index in [2.05, 4.69) is 0 Å². The summed E-state index contributed by atoms with van der Waals surface area (Å²) in [4.78, 5) is 15.0. The van der Waals surface area contributed by atoms with Crippen molar-refractivity contribution < 1.29 is 13.2 Å². The second-order valence-corrected chi connectivity index (χ2v) is 10.2. The van der Waals surface area contributed by atoms with Gasteiger partial charge in [-0.2, -0.15) is 0 Å². The molecule has 0 radical (unpaired) electrons. The Labute approximate surface area is 183 Å². The molecule has 0 aromatic heterocycles. The molecule has 0 fully saturated rings. The molecular weight excluding hydrogens is 408 g/mol. The number of fused-ring (bicyclic) bond motifs is 2. The standard InChI is InChI=1S/C25H24N2O3S/c1-17-7-9-19(10-8-17)25(28)26-14-13-21-16-22(11-12-23(21)26)31(29,30)27-18(2)15-20-5-3-4-6-24(20)27/h3-12,16,18H,13-15H2,1-2H3/t18-/m1/s1. The number of anilines is 2. The van der Waals surface area contributed by atoms with Crippen molar-refractivity contribution in [2.75, 3.05) is 15.7 Å². The van der Waals surface area contributed by atoms with Crippen LogP contribution in [-0.2, 0) is 22.9 Å². The molecular formula is C25H24N2O3S. The molecule has 0 unspecified atom stereocenters. The van der Waals surface area contributed by atoms with E-state index in [1.807, 2.05) is 62.4 Å². The van der Waals surface area contributed by atoms with Gasteiger partial charge in [-0.1, -0.05) is 35.9 Å². The van der Waals surface area contributed by atoms with Crippen molar-refractivity contribution in [3.05, 3.63) is 89.0 Å². The van der Waals surface area contributed by atoms with Gasteiger partial charge in [0, 0.05) is 23.8 Å². The number of aryl methyl sites for hydroxylation is 1. The van der Waals surface area contributed by atoms with Gasteiger partial charge < -0.3 is 4.90 Å². The van der Waals surface area contributed by atoms with Crippen LogP contribution in [0.3, 0.4) is 0 Å². The average Bonchev–Trinajstić information content (AvgIpc) is 3.33. The topological polar surface area (TPSA) is 57.7 Å². The number of carbonyl (C=O) groups excluding carboxylic acids is 1. The Balaban J connectivity index is 1.47. The zero-order valence-corrected chi connectivity index (χ0v) is 18.4. The van der Waals surface area contributed by atoms with Crippen molar-refractivity contribution in [2.24, 2.45) is 0 Å². The van der Waals surface area contributed by atoms with Crippen LogP contribution in [0.15, 0.2) is 71.6 Å². The highest BCUT2D eigenvalue weighted by Crippen LogP contribution is 2.38. The van der Waals surface area contributed by atoms with Gasteiger partial charge in [0.15, 0.2) is 0 Å². The van der Waals surface area contributed by atoms with Gasteiger partial charge in [0.1, 0.15) is 0 Å². The first-order chi connectivity index (χ1) is 14.9. The molecule has 1 amide bonds. The summed E-state index contributed by atoms with van der Waals surface area (Å²) in [6.07, 6.45) is 1.35. The molecule has 3 aromatic carbocycles. The van der Waals surface area contributed by atoms with E-state index in [1.54, 1.807) is 23.1 Å². The van der Waals surface area contributed by atoms with Crippen molar-refractivity contribution in [1.29, 1.82) is 0 Å². The molecule has 2 aliphatic rings. The average molecular weight is 433 g/mol. The molecule has 6 heteroatoms. The molecule has 0 saturated carbocycles. The fourth-order valence-corrected chi connectivity index (χ4v) is 6.36. The minimum absolute atomic E-state index is 0.0588. The lowest BCUT2D eigenvalue weighted by molar-refractivity contribution is 0.0989. The summed E-state index contributed by atoms with van der Waals surface area (Å²) in [5, 5.41) is 0. The van der Waals surface area contributed by atoms with Crippen LogP contribution in [0.2, 0.25) is 0 Å². The summed E-state index contributed by atoms with van der Waals surface area (Å²) in [5.41, 5.74) is 5.23. The fraction of sp³-hybridized carbons (Fsp3) is 0.240. The number of sulfonamides is 1. The zero-order valence-electron chi connectivity index (χ0n) is 17.6. The lowest BCUT2D eigenvalue weighted by Gasteiger charge is -2.25. The highest BCUT2D eigenvalue weighted by molar-refractivity contribution is 7.92. The first-order valence-corrected chi connectivity index (χ1v) is 11.9. The number of amides is 1. The molecule has 1 atom stereocenters. The van der Waals surface area contributed by atoms with E-state index in [4.69, 9.17) is 0 Å². The summed E-state index contributed by atoms with van der Waals surface area (Å²) in [6.45, 7) is 4.47. The van der Waals surface area contributed by atoms with E-state index in [1.165, 1.54) is 4.31 Å². The normalized spacial score (nSPS) is 17.5. The van der Waals surface area contributed by atoms with Crippen molar-refractivity contribution in [2.45, 2.75) is 37.6 Å². The number of para-hydroxylation sites is 1. The van der Waals surface area contributed by atoms with Gasteiger partial charge in [0.2, 0.25) is 0 Å². The van der Waals surface area contributed by atoms with Crippen LogP contribution in [-0.4, -0.2) is 26.9 Å². The minimum Gasteiger partial charge on any atom is -0.308 e. The van der Waals surface area contributed by atoms with E-state index >= 15 is 0 Å². The van der Waals surface area contributed by atoms with Gasteiger partial charge in [0.25, 0.3) is 15.9 Å². The highest BCUT2D eigenvalue weighted by Gasteiger charge is 2.37. The summed E-state index contributed by atoms with van der Waals surface area (Å²) in [7, 11) is -3.69. The molecule has 5 rings (SSSR count). The maximum atomic E-state index is 13.5. The molecule has 0 bridgehead atoms. The first kappa shape index (κ1) is 19.8. The lowest BCUT2D eigenvalue weighted by atomic mass is 10.1. The Bertz CT molecular complexity index is 1280. The van der Waals surface area contributed by atoms with E-state index in [0.717, 1.165) is 28.1 Å². The summed E-state index contributed by atoms with van der Waals surface area (Å²) in [5.74, 6) is -0.0588. The van der Waals surface area contributed by atoms with Crippen LogP contribution >= 0.6 is 0 Å². The second-order valence-electron chi connectivity index (χ2n) is 8.35. The van der Waals surface area contributed by atoms with Gasteiger partial charge in [0.05, 0.1) is 10.6 Å². The summed E-state index contributed by atoms with van der Waals surface area (Å²) < 4.78 is 28.6. The number of carbonyl (C=O) groups is 1. The Kier molecular flexibility index (Phi) is 4.63. The molecule has 0 saturated heterocycles. The molecule has 5 nitrogen and oxygen atoms in total. The molecule has 3 aromatic rings. The predicted molar refractivity (Wildman–Crippen MR) is 122 cm³/mol. The lowest BCUT2D eigenvalue weighted by Crippen LogP contribution is -2.35. The van der Waals surface area contributed by atoms with E-state index in [-0.39, 0.29) is 16.8 Å². The maximum Gasteiger partial charge on any atom is 0.264 e. The molecule has 0 aliphatic carbocycles. The monoisotopic (exact) mass is 432 g/mol. The van der Waals surface area contributed by atoms with E-state index in [0.29, 0.717) is 24.9 Å². The summed E-state index contributed by atoms with van der Waals surface area (Å²) >= 11 is 0. The molecule has 0 spiro atoms. The Morgan fingerprint density at radius 1 is 0.935 bits per heavy atom. The molecule has 2 heterocycles. The maximum absolute atomic E-state index is 13.5. The van der Waals surface area contributed by atoms with Gasteiger partial charge in [-0.05, 0) is 74.2 Å². The third kappa shape index (κ3) is 3.22. The van der Waals surface area contributed by atoms with Crippen LogP contribution in [0.25, 0.3) is 0 Å². The largest absolute Gasteiger partial charge is 0.308 e. The van der Waals surface area contributed by atoms with Gasteiger partial charge in [-0.3, -0.25) is 9.10 Å². The number of nitrogens with zero attached hydrogens (tertiary/aromatic N) is 2. The highest BCUT2D eigenvalue weighted by atomic mass is 32.2. The number of hydrogen-bond acceptors (Lipinski definition) is 3. The van der Waals surface area contributed by atoms with Crippen molar-refractivity contribution in [3.63, 3.8) is 0 Å². The third-order valence-corrected chi connectivity index (χ3v) is 8.12. The fourth-order valence-electron chi connectivity index (χ4n) is 4.62. The first-order valence-electron chi connectivity index (χ1n) is 10.5. The molecule has 2 aliphatic heterocycles. The van der Waals surface area contributed by atoms with Crippen LogP contribution in [0, 0.1) is 6.92 Å². The smallest absolute Gasteiger partial charge is 0.264 e.